The summed E-state index contributed by atoms with van der Waals surface area (Å²) in [7, 11) is -1.62. The molecular formula is C9H11Cl3OSi. The first-order chi connectivity index (χ1) is 6.29. The summed E-state index contributed by atoms with van der Waals surface area (Å²) in [6.45, 7) is 6.26. The largest absolute Gasteiger partial charge is 0.544 e. The zero-order valence-electron chi connectivity index (χ0n) is 8.20. The Bertz CT molecular complexity index is 323. The van der Waals surface area contributed by atoms with E-state index in [9.17, 15) is 0 Å². The van der Waals surface area contributed by atoms with E-state index in [1.807, 2.05) is 0 Å². The molecule has 0 atom stereocenters. The van der Waals surface area contributed by atoms with Gasteiger partial charge in [0.25, 0.3) is 0 Å². The third kappa shape index (κ3) is 3.35. The zero-order valence-corrected chi connectivity index (χ0v) is 11.5. The number of hydrogen-bond donors (Lipinski definition) is 0. The van der Waals surface area contributed by atoms with Crippen molar-refractivity contribution < 1.29 is 4.43 Å². The van der Waals surface area contributed by atoms with Crippen molar-refractivity contribution in [1.29, 1.82) is 0 Å². The van der Waals surface area contributed by atoms with Gasteiger partial charge in [0.05, 0.1) is 15.1 Å². The summed E-state index contributed by atoms with van der Waals surface area (Å²) in [4.78, 5) is 0. The number of hydrogen-bond acceptors (Lipinski definition) is 1. The second kappa shape index (κ2) is 4.31. The smallest absolute Gasteiger partial charge is 0.242 e. The van der Waals surface area contributed by atoms with E-state index in [1.165, 1.54) is 0 Å². The van der Waals surface area contributed by atoms with Gasteiger partial charge in [0.2, 0.25) is 8.32 Å². The van der Waals surface area contributed by atoms with E-state index in [0.717, 1.165) is 0 Å². The lowest BCUT2D eigenvalue weighted by Crippen LogP contribution is -2.29. The highest BCUT2D eigenvalue weighted by molar-refractivity contribution is 6.70. The van der Waals surface area contributed by atoms with Crippen molar-refractivity contribution in [2.75, 3.05) is 0 Å². The molecule has 14 heavy (non-hydrogen) atoms. The second-order valence-electron chi connectivity index (χ2n) is 3.92. The average Bonchev–Trinajstić information content (AvgIpc) is 1.96. The molecule has 0 saturated heterocycles. The number of benzene rings is 1. The molecule has 5 heteroatoms. The fourth-order valence-electron chi connectivity index (χ4n) is 0.945. The molecular weight excluding hydrogens is 259 g/mol. The molecule has 0 saturated carbocycles. The predicted octanol–water partition coefficient (Wildman–Crippen LogP) is 4.86. The van der Waals surface area contributed by atoms with Gasteiger partial charge in [-0.2, -0.15) is 0 Å². The maximum atomic E-state index is 5.87. The Labute approximate surface area is 100 Å². The van der Waals surface area contributed by atoms with Gasteiger partial charge in [-0.1, -0.05) is 34.8 Å². The van der Waals surface area contributed by atoms with E-state index in [-0.39, 0.29) is 0 Å². The van der Waals surface area contributed by atoms with E-state index >= 15 is 0 Å². The van der Waals surface area contributed by atoms with E-state index in [0.29, 0.717) is 20.8 Å². The van der Waals surface area contributed by atoms with Crippen LogP contribution in [0.25, 0.3) is 0 Å². The average molecular weight is 270 g/mol. The summed E-state index contributed by atoms with van der Waals surface area (Å²) >= 11 is 17.5. The van der Waals surface area contributed by atoms with Crippen molar-refractivity contribution in [3.63, 3.8) is 0 Å². The Morgan fingerprint density at radius 2 is 1.43 bits per heavy atom. The number of rotatable bonds is 2. The van der Waals surface area contributed by atoms with Gasteiger partial charge in [-0.05, 0) is 31.8 Å². The highest BCUT2D eigenvalue weighted by Crippen LogP contribution is 2.34. The van der Waals surface area contributed by atoms with Crippen molar-refractivity contribution in [3.8, 4) is 5.75 Å². The summed E-state index contributed by atoms with van der Waals surface area (Å²) in [5, 5.41) is 1.22. The molecule has 0 aliphatic rings. The molecule has 0 unspecified atom stereocenters. The summed E-state index contributed by atoms with van der Waals surface area (Å²) < 4.78 is 5.73. The van der Waals surface area contributed by atoms with Crippen LogP contribution >= 0.6 is 34.8 Å². The third-order valence-corrected chi connectivity index (χ3v) is 3.43. The van der Waals surface area contributed by atoms with Gasteiger partial charge in [0.1, 0.15) is 5.75 Å². The first-order valence-electron chi connectivity index (χ1n) is 4.13. The van der Waals surface area contributed by atoms with Crippen LogP contribution in [0, 0.1) is 0 Å². The van der Waals surface area contributed by atoms with Crippen molar-refractivity contribution >= 4 is 43.1 Å². The Morgan fingerprint density at radius 3 is 1.79 bits per heavy atom. The fraction of sp³-hybridized carbons (Fsp3) is 0.333. The molecule has 0 fully saturated rings. The van der Waals surface area contributed by atoms with Crippen LogP contribution in [0.4, 0.5) is 0 Å². The SMILES string of the molecule is C[Si](C)(C)Oc1cc(Cl)c(Cl)c(Cl)c1. The highest BCUT2D eigenvalue weighted by atomic mass is 35.5. The number of halogens is 3. The molecule has 0 bridgehead atoms. The molecule has 1 nitrogen and oxygen atoms in total. The maximum Gasteiger partial charge on any atom is 0.242 e. The molecule has 0 aromatic heterocycles. The van der Waals surface area contributed by atoms with Gasteiger partial charge in [-0.15, -0.1) is 0 Å². The van der Waals surface area contributed by atoms with Gasteiger partial charge in [-0.3, -0.25) is 0 Å². The molecule has 1 aromatic carbocycles. The maximum absolute atomic E-state index is 5.87. The Balaban J connectivity index is 3.02. The van der Waals surface area contributed by atoms with Crippen LogP contribution in [0.5, 0.6) is 5.75 Å². The topological polar surface area (TPSA) is 9.23 Å². The Hall–Kier alpha value is 0.107. The minimum Gasteiger partial charge on any atom is -0.544 e. The van der Waals surface area contributed by atoms with Crippen LogP contribution in [0.3, 0.4) is 0 Å². The van der Waals surface area contributed by atoms with E-state index in [4.69, 9.17) is 39.2 Å². The highest BCUT2D eigenvalue weighted by Gasteiger charge is 2.17. The molecule has 0 heterocycles. The standard InChI is InChI=1S/C9H11Cl3OSi/c1-14(2,3)13-6-4-7(10)9(12)8(11)5-6/h4-5H,1-3H3. The van der Waals surface area contributed by atoms with E-state index < -0.39 is 8.32 Å². The van der Waals surface area contributed by atoms with Crippen molar-refractivity contribution in [3.05, 3.63) is 27.2 Å². The normalized spacial score (nSPS) is 11.6. The van der Waals surface area contributed by atoms with Crippen LogP contribution in [0.1, 0.15) is 0 Å². The molecule has 0 radical (unpaired) electrons. The van der Waals surface area contributed by atoms with E-state index in [1.54, 1.807) is 12.1 Å². The predicted molar refractivity (Wildman–Crippen MR) is 65.4 cm³/mol. The minimum absolute atomic E-state index is 0.372. The minimum atomic E-state index is -1.62. The van der Waals surface area contributed by atoms with Crippen molar-refractivity contribution in [1.82, 2.24) is 0 Å². The molecule has 0 amide bonds. The monoisotopic (exact) mass is 268 g/mol. The van der Waals surface area contributed by atoms with Gasteiger partial charge in [-0.25, -0.2) is 0 Å². The van der Waals surface area contributed by atoms with E-state index in [2.05, 4.69) is 19.6 Å². The zero-order chi connectivity index (χ0) is 10.9. The lowest BCUT2D eigenvalue weighted by atomic mass is 10.3. The molecule has 1 rings (SSSR count). The Kier molecular flexibility index (Phi) is 3.75. The van der Waals surface area contributed by atoms with Crippen LogP contribution in [-0.4, -0.2) is 8.32 Å². The van der Waals surface area contributed by atoms with Crippen molar-refractivity contribution in [2.24, 2.45) is 0 Å². The first kappa shape index (κ1) is 12.2. The molecule has 0 N–H and O–H groups in total. The fourth-order valence-corrected chi connectivity index (χ4v) is 2.35. The van der Waals surface area contributed by atoms with Crippen molar-refractivity contribution in [2.45, 2.75) is 19.6 Å². The second-order valence-corrected chi connectivity index (χ2v) is 9.54. The lowest BCUT2D eigenvalue weighted by molar-refractivity contribution is 0.558. The van der Waals surface area contributed by atoms with Gasteiger partial charge < -0.3 is 4.43 Å². The summed E-state index contributed by atoms with van der Waals surface area (Å²) in [5.74, 6) is 0.684. The first-order valence-corrected chi connectivity index (χ1v) is 8.67. The molecule has 1 aromatic rings. The molecule has 0 aliphatic heterocycles. The summed E-state index contributed by atoms with van der Waals surface area (Å²) in [6.07, 6.45) is 0. The Morgan fingerprint density at radius 1 is 1.00 bits per heavy atom. The molecule has 0 aliphatic carbocycles. The van der Waals surface area contributed by atoms with Crippen LogP contribution in [-0.2, 0) is 0 Å². The summed E-state index contributed by atoms with van der Waals surface area (Å²) in [5.41, 5.74) is 0. The van der Waals surface area contributed by atoms with Gasteiger partial charge in [0.15, 0.2) is 0 Å². The van der Waals surface area contributed by atoms with Gasteiger partial charge >= 0.3 is 0 Å². The lowest BCUT2D eigenvalue weighted by Gasteiger charge is -2.19. The summed E-state index contributed by atoms with van der Waals surface area (Å²) in [6, 6.07) is 3.38. The van der Waals surface area contributed by atoms with Crippen LogP contribution < -0.4 is 4.43 Å². The van der Waals surface area contributed by atoms with Crippen LogP contribution in [0.2, 0.25) is 34.7 Å². The molecule has 0 spiro atoms. The van der Waals surface area contributed by atoms with Gasteiger partial charge in [0, 0.05) is 0 Å². The third-order valence-electron chi connectivity index (χ3n) is 1.38. The molecule has 78 valence electrons. The quantitative estimate of drug-likeness (QED) is 0.550. The van der Waals surface area contributed by atoms with Crippen LogP contribution in [0.15, 0.2) is 12.1 Å².